The summed E-state index contributed by atoms with van der Waals surface area (Å²) in [5.41, 5.74) is 3.52. The minimum absolute atomic E-state index is 0.423. The van der Waals surface area contributed by atoms with E-state index in [-0.39, 0.29) is 0 Å². The second kappa shape index (κ2) is 5.39. The molecule has 0 amide bonds. The fourth-order valence-corrected chi connectivity index (χ4v) is 3.20. The molecule has 98 valence electrons. The smallest absolute Gasteiger partial charge is 0.157 e. The zero-order chi connectivity index (χ0) is 13.3. The van der Waals surface area contributed by atoms with E-state index >= 15 is 0 Å². The van der Waals surface area contributed by atoms with E-state index in [4.69, 9.17) is 0 Å². The Morgan fingerprint density at radius 1 is 1.39 bits per heavy atom. The molecule has 0 aliphatic rings. The number of nitrogens with zero attached hydrogens (tertiary/aromatic N) is 3. The first-order valence-corrected chi connectivity index (χ1v) is 7.42. The van der Waals surface area contributed by atoms with Crippen molar-refractivity contribution in [1.82, 2.24) is 14.6 Å². The number of fused-ring (bicyclic) bond motifs is 1. The number of halogens is 1. The molecule has 0 radical (unpaired) electrons. The fraction of sp³-hybridized carbons (Fsp3) is 0.571. The standard InChI is InChI=1S/C14H20BrN3/c1-5-7-9(3)14-16-12-8-10(4)11(6-2)13(15)18(12)17-14/h8-9H,5-7H2,1-4H3. The summed E-state index contributed by atoms with van der Waals surface area (Å²) in [7, 11) is 0. The number of aromatic nitrogens is 3. The van der Waals surface area contributed by atoms with Gasteiger partial charge >= 0.3 is 0 Å². The molecule has 0 aromatic carbocycles. The number of aryl methyl sites for hydroxylation is 1. The molecule has 0 spiro atoms. The van der Waals surface area contributed by atoms with Crippen LogP contribution < -0.4 is 0 Å². The third kappa shape index (κ3) is 2.30. The highest BCUT2D eigenvalue weighted by Crippen LogP contribution is 2.25. The van der Waals surface area contributed by atoms with Gasteiger partial charge in [0.2, 0.25) is 0 Å². The highest BCUT2D eigenvalue weighted by Gasteiger charge is 2.15. The van der Waals surface area contributed by atoms with Gasteiger partial charge in [-0.1, -0.05) is 27.2 Å². The van der Waals surface area contributed by atoms with Crippen LogP contribution in [0.3, 0.4) is 0 Å². The molecule has 18 heavy (non-hydrogen) atoms. The van der Waals surface area contributed by atoms with Gasteiger partial charge in [-0.15, -0.1) is 5.10 Å². The van der Waals surface area contributed by atoms with Crippen molar-refractivity contribution in [3.63, 3.8) is 0 Å². The minimum Gasteiger partial charge on any atom is -0.212 e. The zero-order valence-electron chi connectivity index (χ0n) is 11.5. The Labute approximate surface area is 117 Å². The highest BCUT2D eigenvalue weighted by atomic mass is 79.9. The molecule has 0 fully saturated rings. The maximum atomic E-state index is 4.65. The number of hydrogen-bond acceptors (Lipinski definition) is 2. The molecule has 0 aliphatic carbocycles. The summed E-state index contributed by atoms with van der Waals surface area (Å²) in [6, 6.07) is 2.12. The largest absolute Gasteiger partial charge is 0.212 e. The molecular weight excluding hydrogens is 290 g/mol. The Kier molecular flexibility index (Phi) is 4.05. The maximum Gasteiger partial charge on any atom is 0.157 e. The summed E-state index contributed by atoms with van der Waals surface area (Å²) in [6.45, 7) is 8.69. The van der Waals surface area contributed by atoms with Crippen molar-refractivity contribution in [2.75, 3.05) is 0 Å². The van der Waals surface area contributed by atoms with Gasteiger partial charge < -0.3 is 0 Å². The van der Waals surface area contributed by atoms with Crippen molar-refractivity contribution in [2.24, 2.45) is 0 Å². The molecule has 1 atom stereocenters. The van der Waals surface area contributed by atoms with Gasteiger partial charge in [-0.2, -0.15) is 0 Å². The van der Waals surface area contributed by atoms with E-state index < -0.39 is 0 Å². The van der Waals surface area contributed by atoms with Crippen LogP contribution >= 0.6 is 15.9 Å². The summed E-state index contributed by atoms with van der Waals surface area (Å²) in [4.78, 5) is 4.65. The average molecular weight is 310 g/mol. The Hall–Kier alpha value is -0.900. The van der Waals surface area contributed by atoms with Gasteiger partial charge in [0.15, 0.2) is 11.5 Å². The zero-order valence-corrected chi connectivity index (χ0v) is 13.1. The molecule has 2 aromatic rings. The predicted octanol–water partition coefficient (Wildman–Crippen LogP) is 4.27. The van der Waals surface area contributed by atoms with Gasteiger partial charge in [-0.3, -0.25) is 0 Å². The van der Waals surface area contributed by atoms with E-state index in [0.29, 0.717) is 5.92 Å². The first-order valence-electron chi connectivity index (χ1n) is 6.63. The maximum absolute atomic E-state index is 4.65. The van der Waals surface area contributed by atoms with Gasteiger partial charge in [0.25, 0.3) is 0 Å². The first kappa shape index (κ1) is 13.5. The molecule has 2 heterocycles. The van der Waals surface area contributed by atoms with E-state index in [1.165, 1.54) is 11.1 Å². The highest BCUT2D eigenvalue weighted by molar-refractivity contribution is 9.10. The normalized spacial score (nSPS) is 13.2. The Morgan fingerprint density at radius 2 is 2.11 bits per heavy atom. The topological polar surface area (TPSA) is 30.2 Å². The van der Waals surface area contributed by atoms with Crippen molar-refractivity contribution in [2.45, 2.75) is 52.9 Å². The lowest BCUT2D eigenvalue weighted by atomic mass is 10.1. The molecule has 0 aliphatic heterocycles. The molecular formula is C14H20BrN3. The van der Waals surface area contributed by atoms with E-state index in [1.54, 1.807) is 0 Å². The molecule has 2 rings (SSSR count). The summed E-state index contributed by atoms with van der Waals surface area (Å²) < 4.78 is 2.97. The molecule has 1 unspecified atom stereocenters. The lowest BCUT2D eigenvalue weighted by Gasteiger charge is -2.07. The minimum atomic E-state index is 0.423. The SMILES string of the molecule is CCCC(C)c1nc2cc(C)c(CC)c(Br)n2n1. The van der Waals surface area contributed by atoms with Crippen molar-refractivity contribution in [1.29, 1.82) is 0 Å². The van der Waals surface area contributed by atoms with Crippen LogP contribution in [-0.4, -0.2) is 14.6 Å². The molecule has 0 saturated heterocycles. The van der Waals surface area contributed by atoms with Gasteiger partial charge in [-0.25, -0.2) is 9.50 Å². The van der Waals surface area contributed by atoms with Gasteiger partial charge in [0, 0.05) is 5.92 Å². The van der Waals surface area contributed by atoms with Crippen LogP contribution in [-0.2, 0) is 6.42 Å². The Morgan fingerprint density at radius 3 is 2.72 bits per heavy atom. The third-order valence-electron chi connectivity index (χ3n) is 3.42. The van der Waals surface area contributed by atoms with E-state index in [9.17, 15) is 0 Å². The van der Waals surface area contributed by atoms with Crippen LogP contribution in [0.5, 0.6) is 0 Å². The first-order chi connectivity index (χ1) is 8.58. The number of pyridine rings is 1. The Bertz CT molecular complexity index is 560. The van der Waals surface area contributed by atoms with Crippen molar-refractivity contribution in [3.05, 3.63) is 27.6 Å². The summed E-state index contributed by atoms with van der Waals surface area (Å²) >= 11 is 3.65. The van der Waals surface area contributed by atoms with Gasteiger partial charge in [0.1, 0.15) is 4.60 Å². The average Bonchev–Trinajstić information content (AvgIpc) is 2.74. The quantitative estimate of drug-likeness (QED) is 0.790. The van der Waals surface area contributed by atoms with Crippen LogP contribution in [0.15, 0.2) is 10.7 Å². The lowest BCUT2D eigenvalue weighted by Crippen LogP contribution is -1.99. The van der Waals surface area contributed by atoms with E-state index in [2.05, 4.69) is 59.8 Å². The Balaban J connectivity index is 2.54. The second-order valence-electron chi connectivity index (χ2n) is 4.88. The molecule has 0 bridgehead atoms. The van der Waals surface area contributed by atoms with Crippen molar-refractivity contribution < 1.29 is 0 Å². The molecule has 0 N–H and O–H groups in total. The van der Waals surface area contributed by atoms with Crippen LogP contribution in [0, 0.1) is 6.92 Å². The van der Waals surface area contributed by atoms with Crippen molar-refractivity contribution in [3.8, 4) is 0 Å². The lowest BCUT2D eigenvalue weighted by molar-refractivity contribution is 0.624. The van der Waals surface area contributed by atoms with Crippen LogP contribution in [0.1, 0.15) is 56.5 Å². The summed E-state index contributed by atoms with van der Waals surface area (Å²) in [5, 5.41) is 4.64. The fourth-order valence-electron chi connectivity index (χ4n) is 2.35. The molecule has 4 heteroatoms. The molecule has 2 aromatic heterocycles. The van der Waals surface area contributed by atoms with E-state index in [0.717, 1.165) is 35.3 Å². The second-order valence-corrected chi connectivity index (χ2v) is 5.63. The van der Waals surface area contributed by atoms with Gasteiger partial charge in [-0.05, 0) is 52.9 Å². The van der Waals surface area contributed by atoms with Crippen molar-refractivity contribution >= 4 is 21.6 Å². The van der Waals surface area contributed by atoms with Crippen LogP contribution in [0.25, 0.3) is 5.65 Å². The monoisotopic (exact) mass is 309 g/mol. The predicted molar refractivity (Wildman–Crippen MR) is 78.1 cm³/mol. The number of hydrogen-bond donors (Lipinski definition) is 0. The summed E-state index contributed by atoms with van der Waals surface area (Å²) in [5.74, 6) is 1.37. The third-order valence-corrected chi connectivity index (χ3v) is 4.24. The molecule has 3 nitrogen and oxygen atoms in total. The van der Waals surface area contributed by atoms with E-state index in [1.807, 2.05) is 4.52 Å². The summed E-state index contributed by atoms with van der Waals surface area (Å²) in [6.07, 6.45) is 3.30. The number of rotatable bonds is 4. The molecule has 0 saturated carbocycles. The van der Waals surface area contributed by atoms with Crippen LogP contribution in [0.4, 0.5) is 0 Å². The van der Waals surface area contributed by atoms with Gasteiger partial charge in [0.05, 0.1) is 0 Å². The van der Waals surface area contributed by atoms with Crippen LogP contribution in [0.2, 0.25) is 0 Å².